The summed E-state index contributed by atoms with van der Waals surface area (Å²) in [5, 5.41) is 0.990. The summed E-state index contributed by atoms with van der Waals surface area (Å²) in [5.41, 5.74) is 1.65. The van der Waals surface area contributed by atoms with E-state index in [-0.39, 0.29) is 16.9 Å². The number of nitrogens with zero attached hydrogens (tertiary/aromatic N) is 1. The Kier molecular flexibility index (Phi) is 3.75. The van der Waals surface area contributed by atoms with Crippen LogP contribution in [0.25, 0.3) is 11.0 Å². The molecule has 5 heteroatoms. The van der Waals surface area contributed by atoms with Gasteiger partial charge in [0.1, 0.15) is 5.69 Å². The maximum absolute atomic E-state index is 12.3. The van der Waals surface area contributed by atoms with Gasteiger partial charge in [-0.3, -0.25) is 9.59 Å². The van der Waals surface area contributed by atoms with Crippen molar-refractivity contribution in [2.24, 2.45) is 0 Å². The number of pyridine rings is 1. The van der Waals surface area contributed by atoms with Crippen molar-refractivity contribution in [3.05, 3.63) is 33.2 Å². The number of rotatable bonds is 3. The number of aromatic nitrogens is 1. The minimum absolute atomic E-state index is 0.0924. The van der Waals surface area contributed by atoms with Crippen LogP contribution in [0.15, 0.2) is 20.4 Å². The van der Waals surface area contributed by atoms with E-state index in [1.807, 2.05) is 6.92 Å². The predicted molar refractivity (Wildman–Crippen MR) is 76.2 cm³/mol. The third kappa shape index (κ3) is 2.42. The molecule has 0 aliphatic heterocycles. The minimum atomic E-state index is -0.201. The molecule has 0 aromatic carbocycles. The van der Waals surface area contributed by atoms with Crippen molar-refractivity contribution in [1.29, 1.82) is 0 Å². The Morgan fingerprint density at radius 2 is 2.11 bits per heavy atom. The molecule has 0 radical (unpaired) electrons. The molecule has 4 nitrogen and oxygen atoms in total. The van der Waals surface area contributed by atoms with Gasteiger partial charge in [0.15, 0.2) is 21.9 Å². The lowest BCUT2D eigenvalue weighted by molar-refractivity contribution is 0.101. The fraction of sp³-hybridized carbons (Fsp3) is 0.357. The molecule has 0 aliphatic carbocycles. The maximum Gasteiger partial charge on any atom is 0.196 e. The monoisotopic (exact) mass is 277 g/mol. The van der Waals surface area contributed by atoms with Gasteiger partial charge in [-0.1, -0.05) is 18.7 Å². The molecular formula is C14H15NO3S. The summed E-state index contributed by atoms with van der Waals surface area (Å²) in [6, 6.07) is 1.67. The van der Waals surface area contributed by atoms with E-state index in [1.165, 1.54) is 18.7 Å². The lowest BCUT2D eigenvalue weighted by Crippen LogP contribution is -2.11. The first-order chi connectivity index (χ1) is 8.95. The van der Waals surface area contributed by atoms with Crippen LogP contribution in [0.3, 0.4) is 0 Å². The fourth-order valence-electron chi connectivity index (χ4n) is 1.90. The third-order valence-electron chi connectivity index (χ3n) is 2.80. The second-order valence-corrected chi connectivity index (χ2v) is 5.56. The van der Waals surface area contributed by atoms with Crippen molar-refractivity contribution in [3.63, 3.8) is 0 Å². The van der Waals surface area contributed by atoms with Crippen molar-refractivity contribution in [2.45, 2.75) is 32.8 Å². The van der Waals surface area contributed by atoms with Crippen LogP contribution in [0.2, 0.25) is 0 Å². The minimum Gasteiger partial charge on any atom is -0.447 e. The number of hydrogen-bond donors (Lipinski definition) is 0. The molecule has 100 valence electrons. The van der Waals surface area contributed by atoms with E-state index in [0.717, 1.165) is 5.75 Å². The van der Waals surface area contributed by atoms with E-state index in [0.29, 0.717) is 27.3 Å². The average Bonchev–Trinajstić information content (AvgIpc) is 2.36. The maximum atomic E-state index is 12.3. The molecule has 0 atom stereocenters. The molecule has 0 unspecified atom stereocenters. The third-order valence-corrected chi connectivity index (χ3v) is 3.74. The summed E-state index contributed by atoms with van der Waals surface area (Å²) in [4.78, 5) is 28.2. The number of carbonyl (C=O) groups is 1. The van der Waals surface area contributed by atoms with E-state index in [4.69, 9.17) is 4.42 Å². The normalized spacial score (nSPS) is 10.9. The van der Waals surface area contributed by atoms with Crippen LogP contribution in [-0.4, -0.2) is 16.5 Å². The molecule has 19 heavy (non-hydrogen) atoms. The van der Waals surface area contributed by atoms with Gasteiger partial charge in [-0.15, -0.1) is 0 Å². The Balaban J connectivity index is 2.92. The van der Waals surface area contributed by atoms with Crippen LogP contribution >= 0.6 is 11.8 Å². The van der Waals surface area contributed by atoms with Crippen LogP contribution in [-0.2, 0) is 0 Å². The largest absolute Gasteiger partial charge is 0.447 e. The first-order valence-corrected chi connectivity index (χ1v) is 7.03. The number of hydrogen-bond acceptors (Lipinski definition) is 5. The fourth-order valence-corrected chi connectivity index (χ4v) is 2.62. The molecule has 0 saturated carbocycles. The molecule has 0 amide bonds. The van der Waals surface area contributed by atoms with Gasteiger partial charge in [0.2, 0.25) is 0 Å². The van der Waals surface area contributed by atoms with Crippen molar-refractivity contribution < 1.29 is 9.21 Å². The molecular weight excluding hydrogens is 262 g/mol. The molecule has 2 aromatic heterocycles. The van der Waals surface area contributed by atoms with E-state index < -0.39 is 0 Å². The SMILES string of the molecule is CCSc1oc2c(C(C)=O)nc(C)cc2c(=O)c1C. The quantitative estimate of drug-likeness (QED) is 0.637. The Morgan fingerprint density at radius 1 is 1.42 bits per heavy atom. The zero-order chi connectivity index (χ0) is 14.2. The number of Topliss-reactive ketones (excluding diaryl/α,β-unsaturated/α-hetero) is 1. The van der Waals surface area contributed by atoms with E-state index in [2.05, 4.69) is 4.98 Å². The van der Waals surface area contributed by atoms with Gasteiger partial charge in [-0.05, 0) is 25.7 Å². The van der Waals surface area contributed by atoms with Crippen LogP contribution in [0, 0.1) is 13.8 Å². The smallest absolute Gasteiger partial charge is 0.196 e. The van der Waals surface area contributed by atoms with Gasteiger partial charge >= 0.3 is 0 Å². The Bertz CT molecular complexity index is 719. The molecule has 2 rings (SSSR count). The van der Waals surface area contributed by atoms with Crippen molar-refractivity contribution in [3.8, 4) is 0 Å². The van der Waals surface area contributed by atoms with Crippen molar-refractivity contribution >= 4 is 28.5 Å². The number of aryl methyl sites for hydroxylation is 1. The number of fused-ring (bicyclic) bond motifs is 1. The highest BCUT2D eigenvalue weighted by Crippen LogP contribution is 2.26. The summed E-state index contributed by atoms with van der Waals surface area (Å²) in [7, 11) is 0. The second kappa shape index (κ2) is 5.17. The molecule has 2 heterocycles. The lowest BCUT2D eigenvalue weighted by Gasteiger charge is -2.08. The predicted octanol–water partition coefficient (Wildman–Crippen LogP) is 3.12. The number of thioether (sulfide) groups is 1. The van der Waals surface area contributed by atoms with Gasteiger partial charge in [0.25, 0.3) is 0 Å². The summed E-state index contributed by atoms with van der Waals surface area (Å²) in [6.45, 7) is 6.91. The lowest BCUT2D eigenvalue weighted by atomic mass is 10.1. The summed E-state index contributed by atoms with van der Waals surface area (Å²) in [5.74, 6) is 0.595. The van der Waals surface area contributed by atoms with E-state index in [9.17, 15) is 9.59 Å². The van der Waals surface area contributed by atoms with Crippen LogP contribution < -0.4 is 5.43 Å². The molecule has 0 saturated heterocycles. The van der Waals surface area contributed by atoms with Crippen LogP contribution in [0.1, 0.15) is 35.6 Å². The van der Waals surface area contributed by atoms with Gasteiger partial charge < -0.3 is 4.42 Å². The molecule has 0 N–H and O–H groups in total. The first kappa shape index (κ1) is 13.8. The average molecular weight is 277 g/mol. The van der Waals surface area contributed by atoms with Gasteiger partial charge in [-0.2, -0.15) is 0 Å². The highest BCUT2D eigenvalue weighted by molar-refractivity contribution is 7.99. The Hall–Kier alpha value is -1.62. The van der Waals surface area contributed by atoms with Crippen molar-refractivity contribution in [2.75, 3.05) is 5.75 Å². The Labute approximate surface area is 115 Å². The van der Waals surface area contributed by atoms with Gasteiger partial charge in [0, 0.05) is 18.2 Å². The summed E-state index contributed by atoms with van der Waals surface area (Å²) >= 11 is 1.45. The van der Waals surface area contributed by atoms with E-state index >= 15 is 0 Å². The first-order valence-electron chi connectivity index (χ1n) is 6.04. The highest BCUT2D eigenvalue weighted by Gasteiger charge is 2.17. The van der Waals surface area contributed by atoms with E-state index in [1.54, 1.807) is 19.9 Å². The molecule has 0 spiro atoms. The standard InChI is InChI=1S/C14H15NO3S/c1-5-19-14-8(3)12(17)10-6-7(2)15-11(9(4)16)13(10)18-14/h6H,5H2,1-4H3. The summed E-state index contributed by atoms with van der Waals surface area (Å²) in [6.07, 6.45) is 0. The van der Waals surface area contributed by atoms with Gasteiger partial charge in [-0.25, -0.2) is 4.98 Å². The molecule has 0 bridgehead atoms. The zero-order valence-corrected chi connectivity index (χ0v) is 12.2. The molecule has 2 aromatic rings. The van der Waals surface area contributed by atoms with Crippen molar-refractivity contribution in [1.82, 2.24) is 4.98 Å². The summed E-state index contributed by atoms with van der Waals surface area (Å²) < 4.78 is 5.74. The molecule has 0 aliphatic rings. The highest BCUT2D eigenvalue weighted by atomic mass is 32.2. The number of ketones is 1. The topological polar surface area (TPSA) is 60.2 Å². The number of carbonyl (C=O) groups excluding carboxylic acids is 1. The zero-order valence-electron chi connectivity index (χ0n) is 11.4. The second-order valence-electron chi connectivity index (χ2n) is 4.32. The van der Waals surface area contributed by atoms with Crippen LogP contribution in [0.4, 0.5) is 0 Å². The Morgan fingerprint density at radius 3 is 2.68 bits per heavy atom. The molecule has 0 fully saturated rings. The van der Waals surface area contributed by atoms with Gasteiger partial charge in [0.05, 0.1) is 5.39 Å². The van der Waals surface area contributed by atoms with Crippen LogP contribution in [0.5, 0.6) is 0 Å².